The van der Waals surface area contributed by atoms with Gasteiger partial charge in [0.15, 0.2) is 0 Å². The average molecular weight is 197 g/mol. The molecule has 0 spiro atoms. The Bertz CT molecular complexity index is 118. The summed E-state index contributed by atoms with van der Waals surface area (Å²) in [6.45, 7) is 7.92. The summed E-state index contributed by atoms with van der Waals surface area (Å²) < 4.78 is 0. The van der Waals surface area contributed by atoms with Crippen molar-refractivity contribution in [3.8, 4) is 0 Å². The Labute approximate surface area is 78.6 Å². The minimum atomic E-state index is 0. The van der Waals surface area contributed by atoms with Crippen LogP contribution in [-0.2, 0) is 26.2 Å². The molecule has 0 aromatic rings. The zero-order valence-corrected chi connectivity index (χ0v) is 8.95. The summed E-state index contributed by atoms with van der Waals surface area (Å²) >= 11 is 0. The van der Waals surface area contributed by atoms with E-state index >= 15 is 0 Å². The summed E-state index contributed by atoms with van der Waals surface area (Å²) in [6.07, 6.45) is 0. The fourth-order valence-corrected chi connectivity index (χ4v) is 0.480. The van der Waals surface area contributed by atoms with Crippen LogP contribution in [0.5, 0.6) is 0 Å². The predicted octanol–water partition coefficient (Wildman–Crippen LogP) is 0.448. The standard InChI is InChI=1S/C6H12B2.Zr/c1-5(2)6(3)4-8-7;/h4,8H,1,7H2,2-3H3;. The quantitative estimate of drug-likeness (QED) is 0.445. The molecule has 0 N–H and O–H groups in total. The van der Waals surface area contributed by atoms with Gasteiger partial charge in [0.2, 0.25) is 0 Å². The van der Waals surface area contributed by atoms with Crippen LogP contribution in [0.4, 0.5) is 0 Å². The van der Waals surface area contributed by atoms with Crippen molar-refractivity contribution in [2.24, 2.45) is 0 Å². The number of allylic oxidation sites excluding steroid dienone is 2. The van der Waals surface area contributed by atoms with Gasteiger partial charge in [0, 0.05) is 26.2 Å². The molecule has 0 aliphatic heterocycles. The van der Waals surface area contributed by atoms with Crippen LogP contribution in [0, 0.1) is 0 Å². The summed E-state index contributed by atoms with van der Waals surface area (Å²) in [5.74, 6) is 2.18. The fourth-order valence-electron chi connectivity index (χ4n) is 0.480. The first-order chi connectivity index (χ1) is 3.68. The maximum Gasteiger partial charge on any atom is 0.109 e. The van der Waals surface area contributed by atoms with Gasteiger partial charge in [0.1, 0.15) is 7.17 Å². The van der Waals surface area contributed by atoms with Gasteiger partial charge < -0.3 is 0 Å². The third-order valence-corrected chi connectivity index (χ3v) is 1.18. The Balaban J connectivity index is 0. The molecule has 0 aliphatic carbocycles. The fraction of sp³-hybridized carbons (Fsp3) is 0.333. The molecule has 0 unspecified atom stereocenters. The number of hydrogen-bond donors (Lipinski definition) is 0. The molecule has 0 aromatic carbocycles. The van der Waals surface area contributed by atoms with Gasteiger partial charge >= 0.3 is 0 Å². The minimum Gasteiger partial charge on any atom is -0.125 e. The van der Waals surface area contributed by atoms with E-state index in [4.69, 9.17) is 0 Å². The zero-order valence-electron chi connectivity index (χ0n) is 6.49. The molecule has 0 radical (unpaired) electrons. The Kier molecular flexibility index (Phi) is 8.96. The minimum absolute atomic E-state index is 0. The zero-order chi connectivity index (χ0) is 6.57. The largest absolute Gasteiger partial charge is 0.125 e. The molecule has 0 saturated carbocycles. The van der Waals surface area contributed by atoms with Crippen molar-refractivity contribution in [1.29, 1.82) is 0 Å². The van der Waals surface area contributed by atoms with E-state index in [9.17, 15) is 0 Å². The molecule has 0 amide bonds. The van der Waals surface area contributed by atoms with Gasteiger partial charge in [-0.3, -0.25) is 0 Å². The maximum absolute atomic E-state index is 3.81. The first-order valence-electron chi connectivity index (χ1n) is 3.01. The third-order valence-electron chi connectivity index (χ3n) is 1.18. The van der Waals surface area contributed by atoms with E-state index in [0.29, 0.717) is 0 Å². The van der Waals surface area contributed by atoms with Crippen LogP contribution in [0.2, 0.25) is 0 Å². The van der Waals surface area contributed by atoms with Crippen LogP contribution >= 0.6 is 0 Å². The van der Waals surface area contributed by atoms with E-state index in [1.807, 2.05) is 6.92 Å². The van der Waals surface area contributed by atoms with E-state index < -0.39 is 0 Å². The molecule has 0 aliphatic rings. The van der Waals surface area contributed by atoms with Gasteiger partial charge in [-0.2, -0.15) is 0 Å². The van der Waals surface area contributed by atoms with Crippen LogP contribution in [-0.4, -0.2) is 14.9 Å². The first kappa shape index (κ1) is 12.2. The van der Waals surface area contributed by atoms with Gasteiger partial charge in [-0.15, -0.1) is 5.98 Å². The van der Waals surface area contributed by atoms with Gasteiger partial charge in [-0.25, -0.2) is 0 Å². The van der Waals surface area contributed by atoms with E-state index in [0.717, 1.165) is 7.17 Å². The smallest absolute Gasteiger partial charge is 0.109 e. The molecule has 0 fully saturated rings. The average Bonchev–Trinajstić information content (AvgIpc) is 1.67. The number of rotatable bonds is 2. The summed E-state index contributed by atoms with van der Waals surface area (Å²) in [6, 6.07) is 0. The molecule has 9 heavy (non-hydrogen) atoms. The Morgan fingerprint density at radius 3 is 2.11 bits per heavy atom. The van der Waals surface area contributed by atoms with Crippen LogP contribution in [0.25, 0.3) is 0 Å². The third kappa shape index (κ3) is 6.38. The van der Waals surface area contributed by atoms with Crippen molar-refractivity contribution < 1.29 is 26.2 Å². The summed E-state index contributed by atoms with van der Waals surface area (Å²) in [7, 11) is 3.24. The van der Waals surface area contributed by atoms with E-state index in [1.54, 1.807) is 0 Å². The molecule has 0 nitrogen and oxygen atoms in total. The van der Waals surface area contributed by atoms with Crippen LogP contribution in [0.15, 0.2) is 23.7 Å². The van der Waals surface area contributed by atoms with Crippen molar-refractivity contribution >= 4 is 14.9 Å². The summed E-state index contributed by atoms with van der Waals surface area (Å²) in [5, 5.41) is 0. The van der Waals surface area contributed by atoms with Crippen molar-refractivity contribution in [2.75, 3.05) is 0 Å². The molecular weight excluding hydrogens is 185 g/mol. The molecule has 0 saturated heterocycles. The molecule has 0 bridgehead atoms. The van der Waals surface area contributed by atoms with Gasteiger partial charge in [-0.1, -0.05) is 17.7 Å². The van der Waals surface area contributed by atoms with Crippen molar-refractivity contribution in [3.05, 3.63) is 23.7 Å². The maximum atomic E-state index is 3.81. The predicted molar refractivity (Wildman–Crippen MR) is 44.3 cm³/mol. The Hall–Kier alpha value is 0.493. The second kappa shape index (κ2) is 6.61. The van der Waals surface area contributed by atoms with E-state index in [1.165, 1.54) is 11.1 Å². The topological polar surface area (TPSA) is 0 Å². The molecule has 3 heteroatoms. The van der Waals surface area contributed by atoms with Crippen LogP contribution in [0.3, 0.4) is 0 Å². The van der Waals surface area contributed by atoms with Gasteiger partial charge in [-0.05, 0) is 13.8 Å². The van der Waals surface area contributed by atoms with Crippen molar-refractivity contribution in [2.45, 2.75) is 13.8 Å². The number of hydrogen-bond acceptors (Lipinski definition) is 0. The summed E-state index contributed by atoms with van der Waals surface area (Å²) in [5.41, 5.74) is 2.49. The summed E-state index contributed by atoms with van der Waals surface area (Å²) in [4.78, 5) is 0. The van der Waals surface area contributed by atoms with E-state index in [2.05, 4.69) is 27.2 Å². The Morgan fingerprint density at radius 2 is 2.00 bits per heavy atom. The molecular formula is C6H12B2Zr. The molecule has 0 atom stereocenters. The Morgan fingerprint density at radius 1 is 1.56 bits per heavy atom. The normalized spacial score (nSPS) is 9.78. The molecule has 0 rings (SSSR count). The van der Waals surface area contributed by atoms with Gasteiger partial charge in [0.25, 0.3) is 0 Å². The van der Waals surface area contributed by atoms with E-state index in [-0.39, 0.29) is 26.2 Å². The molecule has 0 heterocycles. The van der Waals surface area contributed by atoms with Crippen molar-refractivity contribution in [1.82, 2.24) is 0 Å². The first-order valence-corrected chi connectivity index (χ1v) is 3.01. The van der Waals surface area contributed by atoms with Gasteiger partial charge in [0.05, 0.1) is 7.74 Å². The van der Waals surface area contributed by atoms with Crippen molar-refractivity contribution in [3.63, 3.8) is 0 Å². The van der Waals surface area contributed by atoms with Crippen LogP contribution in [0.1, 0.15) is 13.8 Å². The monoisotopic (exact) mass is 196 g/mol. The molecule has 46 valence electrons. The molecule has 0 aromatic heterocycles. The second-order valence-corrected chi connectivity index (χ2v) is 2.08. The second-order valence-electron chi connectivity index (χ2n) is 2.08. The SMILES string of the molecule is BBC=C(C)C(=C)C.[Zr]. The van der Waals surface area contributed by atoms with Crippen LogP contribution < -0.4 is 0 Å².